The first-order valence-electron chi connectivity index (χ1n) is 7.37. The summed E-state index contributed by atoms with van der Waals surface area (Å²) in [6.45, 7) is 5.24. The number of ether oxygens (including phenoxy) is 1. The molecule has 0 radical (unpaired) electrons. The lowest BCUT2D eigenvalue weighted by molar-refractivity contribution is 0.193. The van der Waals surface area contributed by atoms with Gasteiger partial charge in [0.1, 0.15) is 0 Å². The van der Waals surface area contributed by atoms with Gasteiger partial charge >= 0.3 is 0 Å². The number of nitrogens with one attached hydrogen (secondary N) is 2. The highest BCUT2D eigenvalue weighted by Crippen LogP contribution is 2.23. The van der Waals surface area contributed by atoms with Crippen molar-refractivity contribution < 1.29 is 4.74 Å². The smallest absolute Gasteiger partial charge is 0.0474 e. The minimum absolute atomic E-state index is 0.520. The van der Waals surface area contributed by atoms with E-state index in [-0.39, 0.29) is 0 Å². The second kappa shape index (κ2) is 7.51. The summed E-state index contributed by atoms with van der Waals surface area (Å²) < 4.78 is 5.06. The average molecular weight is 262 g/mol. The van der Waals surface area contributed by atoms with Crippen molar-refractivity contribution >= 4 is 5.69 Å². The van der Waals surface area contributed by atoms with Crippen LogP contribution >= 0.6 is 0 Å². The first-order valence-corrected chi connectivity index (χ1v) is 7.37. The predicted molar refractivity (Wildman–Crippen MR) is 80.9 cm³/mol. The topological polar surface area (TPSA) is 33.3 Å². The van der Waals surface area contributed by atoms with Gasteiger partial charge in [0, 0.05) is 32.0 Å². The van der Waals surface area contributed by atoms with Crippen LogP contribution in [0.15, 0.2) is 18.2 Å². The van der Waals surface area contributed by atoms with Crippen molar-refractivity contribution in [3.8, 4) is 0 Å². The Kier molecular flexibility index (Phi) is 5.67. The normalized spacial score (nSPS) is 15.7. The fraction of sp³-hybridized carbons (Fsp3) is 0.625. The third kappa shape index (κ3) is 4.51. The zero-order valence-corrected chi connectivity index (χ0v) is 12.2. The summed E-state index contributed by atoms with van der Waals surface area (Å²) in [7, 11) is 1.75. The molecule has 2 N–H and O–H groups in total. The fourth-order valence-electron chi connectivity index (χ4n) is 2.65. The third-order valence-corrected chi connectivity index (χ3v) is 3.67. The fourth-order valence-corrected chi connectivity index (χ4v) is 2.65. The Morgan fingerprint density at radius 2 is 2.32 bits per heavy atom. The van der Waals surface area contributed by atoms with Crippen LogP contribution in [0.2, 0.25) is 0 Å². The second-order valence-corrected chi connectivity index (χ2v) is 5.43. The minimum atomic E-state index is 0.520. The predicted octanol–water partition coefficient (Wildman–Crippen LogP) is 2.60. The monoisotopic (exact) mass is 262 g/mol. The number of rotatable bonds is 7. The van der Waals surface area contributed by atoms with E-state index in [2.05, 4.69) is 35.8 Å². The number of methoxy groups -OCH3 is 1. The van der Waals surface area contributed by atoms with E-state index in [1.165, 1.54) is 29.7 Å². The molecule has 0 saturated carbocycles. The molecule has 19 heavy (non-hydrogen) atoms. The lowest BCUT2D eigenvalue weighted by Gasteiger charge is -2.20. The van der Waals surface area contributed by atoms with Crippen LogP contribution in [0.4, 0.5) is 5.69 Å². The summed E-state index contributed by atoms with van der Waals surface area (Å²) >= 11 is 0. The lowest BCUT2D eigenvalue weighted by Crippen LogP contribution is -2.29. The first kappa shape index (κ1) is 14.4. The summed E-state index contributed by atoms with van der Waals surface area (Å²) in [6.07, 6.45) is 4.64. The van der Waals surface area contributed by atoms with Gasteiger partial charge in [-0.1, -0.05) is 12.1 Å². The van der Waals surface area contributed by atoms with Gasteiger partial charge in [0.05, 0.1) is 0 Å². The van der Waals surface area contributed by atoms with Gasteiger partial charge in [-0.25, -0.2) is 0 Å². The van der Waals surface area contributed by atoms with Crippen LogP contribution in [0.5, 0.6) is 0 Å². The molecule has 0 bridgehead atoms. The molecule has 1 heterocycles. The number of aryl methyl sites for hydroxylation is 1. The Morgan fingerprint density at radius 1 is 1.42 bits per heavy atom. The van der Waals surface area contributed by atoms with Crippen molar-refractivity contribution in [2.75, 3.05) is 32.1 Å². The van der Waals surface area contributed by atoms with Gasteiger partial charge in [0.25, 0.3) is 0 Å². The Balaban J connectivity index is 1.81. The van der Waals surface area contributed by atoms with Gasteiger partial charge in [0.2, 0.25) is 0 Å². The van der Waals surface area contributed by atoms with Crippen molar-refractivity contribution in [2.45, 2.75) is 38.6 Å². The molecule has 0 aliphatic carbocycles. The van der Waals surface area contributed by atoms with E-state index < -0.39 is 0 Å². The molecule has 1 aromatic rings. The number of benzene rings is 1. The molecule has 106 valence electrons. The summed E-state index contributed by atoms with van der Waals surface area (Å²) in [5.74, 6) is 0. The quantitative estimate of drug-likeness (QED) is 0.741. The van der Waals surface area contributed by atoms with Gasteiger partial charge in [0.15, 0.2) is 0 Å². The highest BCUT2D eigenvalue weighted by atomic mass is 16.5. The molecule has 1 aromatic carbocycles. The highest BCUT2D eigenvalue weighted by Gasteiger charge is 2.10. The number of hydrogen-bond donors (Lipinski definition) is 2. The summed E-state index contributed by atoms with van der Waals surface area (Å²) in [5, 5.41) is 7.01. The minimum Gasteiger partial charge on any atom is -0.385 e. The maximum Gasteiger partial charge on any atom is 0.0474 e. The molecule has 0 aromatic heterocycles. The Hall–Kier alpha value is -1.06. The van der Waals surface area contributed by atoms with Gasteiger partial charge in [-0.3, -0.25) is 0 Å². The molecule has 3 nitrogen and oxygen atoms in total. The van der Waals surface area contributed by atoms with E-state index in [1.807, 2.05) is 0 Å². The zero-order valence-electron chi connectivity index (χ0n) is 12.2. The molecule has 0 spiro atoms. The molecule has 1 unspecified atom stereocenters. The van der Waals surface area contributed by atoms with Gasteiger partial charge in [-0.15, -0.1) is 0 Å². The molecule has 1 atom stereocenters. The average Bonchev–Trinajstić information content (AvgIpc) is 2.43. The lowest BCUT2D eigenvalue weighted by atomic mass is 9.98. The second-order valence-electron chi connectivity index (χ2n) is 5.43. The van der Waals surface area contributed by atoms with E-state index in [0.29, 0.717) is 6.04 Å². The van der Waals surface area contributed by atoms with Crippen LogP contribution in [0.3, 0.4) is 0 Å². The number of hydrogen-bond acceptors (Lipinski definition) is 3. The number of anilines is 1. The van der Waals surface area contributed by atoms with Gasteiger partial charge in [-0.2, -0.15) is 0 Å². The van der Waals surface area contributed by atoms with Crippen molar-refractivity contribution in [2.24, 2.45) is 0 Å². The molecule has 1 aliphatic rings. The van der Waals surface area contributed by atoms with Crippen LogP contribution in [0, 0.1) is 0 Å². The van der Waals surface area contributed by atoms with Gasteiger partial charge < -0.3 is 15.4 Å². The summed E-state index contributed by atoms with van der Waals surface area (Å²) in [6, 6.07) is 7.38. The van der Waals surface area contributed by atoms with Crippen LogP contribution < -0.4 is 10.6 Å². The first-order chi connectivity index (χ1) is 9.29. The van der Waals surface area contributed by atoms with Gasteiger partial charge in [-0.05, 0) is 56.3 Å². The Bertz CT molecular complexity index is 392. The largest absolute Gasteiger partial charge is 0.385 e. The van der Waals surface area contributed by atoms with Crippen molar-refractivity contribution in [3.63, 3.8) is 0 Å². The van der Waals surface area contributed by atoms with Crippen LogP contribution in [0.25, 0.3) is 0 Å². The van der Waals surface area contributed by atoms with Crippen molar-refractivity contribution in [1.82, 2.24) is 5.32 Å². The third-order valence-electron chi connectivity index (χ3n) is 3.67. The van der Waals surface area contributed by atoms with Crippen LogP contribution in [-0.2, 0) is 17.6 Å². The van der Waals surface area contributed by atoms with E-state index in [0.717, 1.165) is 32.5 Å². The van der Waals surface area contributed by atoms with E-state index in [1.54, 1.807) is 7.11 Å². The molecule has 1 aliphatic heterocycles. The molecule has 2 rings (SSSR count). The van der Waals surface area contributed by atoms with E-state index >= 15 is 0 Å². The van der Waals surface area contributed by atoms with Crippen LogP contribution in [-0.4, -0.2) is 32.8 Å². The maximum absolute atomic E-state index is 5.06. The summed E-state index contributed by atoms with van der Waals surface area (Å²) in [4.78, 5) is 0. The standard InChI is InChI=1S/C16H26N2O/c1-13(17-9-4-10-19-2)11-14-6-7-16-15(12-14)5-3-8-18-16/h6-7,12-13,17-18H,3-5,8-11H2,1-2H3. The molecule has 0 fully saturated rings. The molecular weight excluding hydrogens is 236 g/mol. The zero-order chi connectivity index (χ0) is 13.5. The van der Waals surface area contributed by atoms with Crippen molar-refractivity contribution in [3.05, 3.63) is 29.3 Å². The molecule has 3 heteroatoms. The Labute approximate surface area is 116 Å². The molecular formula is C16H26N2O. The number of fused-ring (bicyclic) bond motifs is 1. The van der Waals surface area contributed by atoms with E-state index in [9.17, 15) is 0 Å². The SMILES string of the molecule is COCCCNC(C)Cc1ccc2c(c1)CCCN2. The highest BCUT2D eigenvalue weighted by molar-refractivity contribution is 5.54. The Morgan fingerprint density at radius 3 is 3.16 bits per heavy atom. The van der Waals surface area contributed by atoms with Crippen LogP contribution in [0.1, 0.15) is 30.9 Å². The summed E-state index contributed by atoms with van der Waals surface area (Å²) in [5.41, 5.74) is 4.25. The van der Waals surface area contributed by atoms with E-state index in [4.69, 9.17) is 4.74 Å². The molecule has 0 amide bonds. The maximum atomic E-state index is 5.06. The molecule has 0 saturated heterocycles. The van der Waals surface area contributed by atoms with Crippen molar-refractivity contribution in [1.29, 1.82) is 0 Å².